The van der Waals surface area contributed by atoms with E-state index in [2.05, 4.69) is 20.8 Å². The van der Waals surface area contributed by atoms with Gasteiger partial charge < -0.3 is 0 Å². The lowest BCUT2D eigenvalue weighted by Crippen LogP contribution is -2.09. The van der Waals surface area contributed by atoms with Gasteiger partial charge in [0.2, 0.25) is 0 Å². The summed E-state index contributed by atoms with van der Waals surface area (Å²) in [7, 11) is -4.21. The maximum Gasteiger partial charge on any atom is 0.295 e. The summed E-state index contributed by atoms with van der Waals surface area (Å²) in [5, 5.41) is 0. The van der Waals surface area contributed by atoms with Crippen molar-refractivity contribution in [3.63, 3.8) is 0 Å². The molecule has 2 aliphatic carbocycles. The van der Waals surface area contributed by atoms with Crippen molar-refractivity contribution in [1.29, 1.82) is 0 Å². The third kappa shape index (κ3) is 2.58. The molecule has 0 unspecified atom stereocenters. The van der Waals surface area contributed by atoms with Gasteiger partial charge in [0.05, 0.1) is 0 Å². The van der Waals surface area contributed by atoms with Crippen LogP contribution in [0.25, 0.3) is 11.1 Å². The van der Waals surface area contributed by atoms with Crippen LogP contribution in [0.3, 0.4) is 0 Å². The highest BCUT2D eigenvalue weighted by atomic mass is 32.2. The summed E-state index contributed by atoms with van der Waals surface area (Å²) in [5.41, 5.74) is 4.30. The molecule has 0 aromatic carbocycles. The van der Waals surface area contributed by atoms with Gasteiger partial charge in [-0.05, 0) is 47.6 Å². The van der Waals surface area contributed by atoms with Crippen LogP contribution >= 0.6 is 0 Å². The lowest BCUT2D eigenvalue weighted by molar-refractivity contribution is 0.483. The lowest BCUT2D eigenvalue weighted by Gasteiger charge is -2.17. The molecule has 0 radical (unpaired) electrons. The molecule has 0 aromatic rings. The number of hydrogen-bond acceptors (Lipinski definition) is 2. The lowest BCUT2D eigenvalue weighted by atomic mass is 9.87. The second-order valence-electron chi connectivity index (χ2n) is 6.32. The van der Waals surface area contributed by atoms with E-state index in [1.165, 1.54) is 0 Å². The van der Waals surface area contributed by atoms with Gasteiger partial charge in [-0.1, -0.05) is 39.0 Å². The van der Waals surface area contributed by atoms with E-state index in [0.29, 0.717) is 5.56 Å². The number of hydrogen-bond donors (Lipinski definition) is 1. The fourth-order valence-electron chi connectivity index (χ4n) is 2.44. The Balaban J connectivity index is 2.88. The van der Waals surface area contributed by atoms with Gasteiger partial charge in [0.25, 0.3) is 10.1 Å². The Morgan fingerprint density at radius 2 is 1.60 bits per heavy atom. The van der Waals surface area contributed by atoms with E-state index >= 15 is 0 Å². The molecule has 4 heteroatoms. The van der Waals surface area contributed by atoms with E-state index < -0.39 is 10.1 Å². The standard InChI is InChI=1S/C16H20O3S/c1-10-6-7-12(16(3,4)5)9-13-11(2)8-14(15(10)13)20(17,18)19/h6-9H,1-5H3,(H,17,18,19). The van der Waals surface area contributed by atoms with Gasteiger partial charge in [-0.25, -0.2) is 0 Å². The summed E-state index contributed by atoms with van der Waals surface area (Å²) in [4.78, 5) is -0.00133. The van der Waals surface area contributed by atoms with Gasteiger partial charge in [-0.2, -0.15) is 8.42 Å². The Hall–Kier alpha value is -1.39. The average Bonchev–Trinajstić information content (AvgIpc) is 2.48. The first kappa shape index (κ1) is 15.0. The maximum atomic E-state index is 11.6. The molecule has 2 aliphatic rings. The predicted octanol–water partition coefficient (Wildman–Crippen LogP) is 3.95. The summed E-state index contributed by atoms with van der Waals surface area (Å²) >= 11 is 0. The Labute approximate surface area is 120 Å². The largest absolute Gasteiger partial charge is 0.295 e. The van der Waals surface area contributed by atoms with E-state index in [9.17, 15) is 13.0 Å². The Kier molecular flexibility index (Phi) is 3.43. The molecular weight excluding hydrogens is 272 g/mol. The van der Waals surface area contributed by atoms with Crippen molar-refractivity contribution < 1.29 is 13.0 Å². The monoisotopic (exact) mass is 292 g/mol. The highest BCUT2D eigenvalue weighted by molar-refractivity contribution is 7.86. The minimum absolute atomic E-state index is 0.00133. The molecule has 3 nitrogen and oxygen atoms in total. The summed E-state index contributed by atoms with van der Waals surface area (Å²) in [6, 6.07) is 7.49. The zero-order chi connectivity index (χ0) is 15.3. The van der Waals surface area contributed by atoms with Crippen LogP contribution in [0.4, 0.5) is 0 Å². The summed E-state index contributed by atoms with van der Waals surface area (Å²) in [6.45, 7) is 10.1. The molecule has 0 aliphatic heterocycles. The van der Waals surface area contributed by atoms with Crippen LogP contribution in [0.2, 0.25) is 0 Å². The fraction of sp³-hybridized carbons (Fsp3) is 0.375. The molecule has 0 bridgehead atoms. The number of fused-ring (bicyclic) bond motifs is 1. The van der Waals surface area contributed by atoms with Crippen LogP contribution in [0.1, 0.15) is 37.5 Å². The molecule has 1 N–H and O–H groups in total. The van der Waals surface area contributed by atoms with Crippen molar-refractivity contribution in [2.75, 3.05) is 0 Å². The molecule has 0 amide bonds. The van der Waals surface area contributed by atoms with E-state index in [1.54, 1.807) is 6.07 Å². The van der Waals surface area contributed by atoms with Crippen LogP contribution in [-0.2, 0) is 15.5 Å². The van der Waals surface area contributed by atoms with Gasteiger partial charge >= 0.3 is 0 Å². The second-order valence-corrected chi connectivity index (χ2v) is 7.71. The molecule has 0 fully saturated rings. The van der Waals surface area contributed by atoms with Crippen LogP contribution in [0.5, 0.6) is 0 Å². The van der Waals surface area contributed by atoms with Crippen molar-refractivity contribution in [3.05, 3.63) is 41.0 Å². The van der Waals surface area contributed by atoms with E-state index in [-0.39, 0.29) is 10.3 Å². The van der Waals surface area contributed by atoms with E-state index in [0.717, 1.165) is 22.3 Å². The van der Waals surface area contributed by atoms with Crippen LogP contribution in [0, 0.1) is 13.8 Å². The highest BCUT2D eigenvalue weighted by Crippen LogP contribution is 2.39. The molecule has 0 spiro atoms. The Morgan fingerprint density at radius 3 is 2.10 bits per heavy atom. The molecule has 0 atom stereocenters. The molecule has 108 valence electrons. The summed E-state index contributed by atoms with van der Waals surface area (Å²) in [6.07, 6.45) is 0. The summed E-state index contributed by atoms with van der Waals surface area (Å²) in [5.74, 6) is 0. The smallest absolute Gasteiger partial charge is 0.282 e. The fourth-order valence-corrected chi connectivity index (χ4v) is 3.30. The van der Waals surface area contributed by atoms with Crippen LogP contribution in [0.15, 0.2) is 29.2 Å². The normalized spacial score (nSPS) is 12.9. The topological polar surface area (TPSA) is 54.4 Å². The minimum atomic E-state index is -4.21. The molecule has 0 saturated carbocycles. The Bertz CT molecular complexity index is 737. The molecule has 20 heavy (non-hydrogen) atoms. The predicted molar refractivity (Wildman–Crippen MR) is 81.1 cm³/mol. The van der Waals surface area contributed by atoms with Gasteiger partial charge in [-0.3, -0.25) is 4.55 Å². The molecule has 0 saturated heterocycles. The minimum Gasteiger partial charge on any atom is -0.282 e. The highest BCUT2D eigenvalue weighted by Gasteiger charge is 2.24. The molecular formula is C16H20O3S. The average molecular weight is 292 g/mol. The first-order chi connectivity index (χ1) is 9.01. The summed E-state index contributed by atoms with van der Waals surface area (Å²) < 4.78 is 32.5. The maximum absolute atomic E-state index is 11.6. The van der Waals surface area contributed by atoms with E-state index in [1.807, 2.05) is 32.0 Å². The van der Waals surface area contributed by atoms with Crippen LogP contribution in [-0.4, -0.2) is 13.0 Å². The molecule has 2 rings (SSSR count). The third-order valence-electron chi connectivity index (χ3n) is 3.64. The zero-order valence-corrected chi connectivity index (χ0v) is 13.3. The van der Waals surface area contributed by atoms with Crippen molar-refractivity contribution in [3.8, 4) is 11.1 Å². The van der Waals surface area contributed by atoms with Crippen LogP contribution < -0.4 is 0 Å². The molecule has 0 heterocycles. The van der Waals surface area contributed by atoms with E-state index in [4.69, 9.17) is 0 Å². The van der Waals surface area contributed by atoms with Crippen molar-refractivity contribution in [1.82, 2.24) is 0 Å². The van der Waals surface area contributed by atoms with Gasteiger partial charge in [-0.15, -0.1) is 0 Å². The molecule has 0 aromatic heterocycles. The number of rotatable bonds is 1. The van der Waals surface area contributed by atoms with Crippen molar-refractivity contribution in [2.24, 2.45) is 0 Å². The third-order valence-corrected chi connectivity index (χ3v) is 4.52. The SMILES string of the molecule is Cc1cc(S(=O)(=O)O)c2c(C)ccc(C(C)(C)C)cc1-2. The quantitative estimate of drug-likeness (QED) is 0.810. The van der Waals surface area contributed by atoms with Gasteiger partial charge in [0.15, 0.2) is 0 Å². The second kappa shape index (κ2) is 4.57. The first-order valence-electron chi connectivity index (χ1n) is 6.54. The first-order valence-corrected chi connectivity index (χ1v) is 7.98. The number of aryl methyl sites for hydroxylation is 2. The van der Waals surface area contributed by atoms with Gasteiger partial charge in [0, 0.05) is 5.56 Å². The Morgan fingerprint density at radius 1 is 1.00 bits per heavy atom. The van der Waals surface area contributed by atoms with Crippen molar-refractivity contribution >= 4 is 10.1 Å². The zero-order valence-electron chi connectivity index (χ0n) is 12.5. The van der Waals surface area contributed by atoms with Crippen molar-refractivity contribution in [2.45, 2.75) is 44.9 Å². The van der Waals surface area contributed by atoms with Gasteiger partial charge in [0.1, 0.15) is 4.90 Å².